The van der Waals surface area contributed by atoms with Crippen molar-refractivity contribution in [2.75, 3.05) is 0 Å². The maximum atomic E-state index is 10.2. The standard InChI is InChI=1S/C5H8O/c1-4(6)5-2-3-5/h5H,2-3H2,1H3/q-1. The molecule has 1 aliphatic rings. The van der Waals surface area contributed by atoms with Gasteiger partial charge >= 0.3 is 0 Å². The minimum Gasteiger partial charge on any atom is -0.850 e. The summed E-state index contributed by atoms with van der Waals surface area (Å²) in [5.41, 5.74) is 0. The molecule has 1 saturated carbocycles. The highest BCUT2D eigenvalue weighted by molar-refractivity contribution is 4.88. The minimum absolute atomic E-state index is 0.370. The third-order valence-electron chi connectivity index (χ3n) is 1.15. The van der Waals surface area contributed by atoms with Crippen molar-refractivity contribution in [3.8, 4) is 0 Å². The van der Waals surface area contributed by atoms with Gasteiger partial charge in [-0.3, -0.25) is 0 Å². The summed E-state index contributed by atoms with van der Waals surface area (Å²) >= 11 is 0. The monoisotopic (exact) mass is 84.1 g/mol. The summed E-state index contributed by atoms with van der Waals surface area (Å²) in [6.45, 7) is 1.66. The second kappa shape index (κ2) is 1.23. The molecule has 0 atom stereocenters. The number of rotatable bonds is 1. The highest BCUT2D eigenvalue weighted by Crippen LogP contribution is 2.34. The van der Waals surface area contributed by atoms with Crippen molar-refractivity contribution in [3.63, 3.8) is 0 Å². The Morgan fingerprint density at radius 1 is 1.67 bits per heavy atom. The molecule has 1 aliphatic carbocycles. The lowest BCUT2D eigenvalue weighted by molar-refractivity contribution is -0.356. The van der Waals surface area contributed by atoms with Gasteiger partial charge in [-0.1, -0.05) is 25.7 Å². The van der Waals surface area contributed by atoms with Gasteiger partial charge in [0.15, 0.2) is 0 Å². The van der Waals surface area contributed by atoms with Gasteiger partial charge in [-0.05, 0) is 0 Å². The van der Waals surface area contributed by atoms with E-state index >= 15 is 0 Å². The minimum atomic E-state index is 0.370. The maximum Gasteiger partial charge on any atom is -0.0510 e. The fraction of sp³-hybridized carbons (Fsp3) is 0.800. The van der Waals surface area contributed by atoms with Gasteiger partial charge in [0.25, 0.3) is 0 Å². The molecule has 1 rings (SSSR count). The van der Waals surface area contributed by atoms with E-state index in [9.17, 15) is 5.11 Å². The molecule has 1 heteroatoms. The van der Waals surface area contributed by atoms with Gasteiger partial charge in [0.05, 0.1) is 0 Å². The molecule has 0 aromatic rings. The molecule has 0 unspecified atom stereocenters. The molecule has 0 aromatic heterocycles. The van der Waals surface area contributed by atoms with E-state index in [4.69, 9.17) is 0 Å². The van der Waals surface area contributed by atoms with Crippen molar-refractivity contribution >= 4 is 0 Å². The molecule has 0 saturated heterocycles. The lowest BCUT2D eigenvalue weighted by Crippen LogP contribution is -2.11. The molecule has 0 N–H and O–H groups in total. The number of hydrogen-bond donors (Lipinski definition) is 0. The first-order chi connectivity index (χ1) is 2.80. The summed E-state index contributed by atoms with van der Waals surface area (Å²) in [7, 11) is 0. The van der Waals surface area contributed by atoms with Crippen LogP contribution in [0.1, 0.15) is 19.8 Å². The van der Waals surface area contributed by atoms with Gasteiger partial charge in [-0.25, -0.2) is 0 Å². The van der Waals surface area contributed by atoms with Crippen LogP contribution >= 0.6 is 0 Å². The Kier molecular flexibility index (Phi) is 0.845. The van der Waals surface area contributed by atoms with E-state index in [1.807, 2.05) is 0 Å². The summed E-state index contributed by atoms with van der Waals surface area (Å²) in [4.78, 5) is 0. The normalized spacial score (nSPS) is 22.5. The quantitative estimate of drug-likeness (QED) is 0.448. The molecule has 0 spiro atoms. The molecule has 1 radical (unpaired) electrons. The van der Waals surface area contributed by atoms with Crippen LogP contribution < -0.4 is 5.11 Å². The predicted octanol–water partition coefficient (Wildman–Crippen LogP) is 0.309. The maximum absolute atomic E-state index is 10.2. The topological polar surface area (TPSA) is 23.1 Å². The first-order valence-corrected chi connectivity index (χ1v) is 2.31. The van der Waals surface area contributed by atoms with Gasteiger partial charge in [0, 0.05) is 0 Å². The number of hydrogen-bond acceptors (Lipinski definition) is 1. The lowest BCUT2D eigenvalue weighted by Gasteiger charge is -2.11. The average molecular weight is 84.1 g/mol. The molecule has 0 aromatic carbocycles. The molecular formula is C5H8O-. The summed E-state index contributed by atoms with van der Waals surface area (Å²) in [5, 5.41) is 10.2. The van der Waals surface area contributed by atoms with Crippen molar-refractivity contribution < 1.29 is 5.11 Å². The van der Waals surface area contributed by atoms with Crippen LogP contribution in [0.15, 0.2) is 0 Å². The van der Waals surface area contributed by atoms with Crippen LogP contribution in [0.4, 0.5) is 0 Å². The summed E-state index contributed by atoms with van der Waals surface area (Å²) in [6, 6.07) is 0. The van der Waals surface area contributed by atoms with Gasteiger partial charge in [-0.2, -0.15) is 0 Å². The highest BCUT2D eigenvalue weighted by Gasteiger charge is 2.20. The van der Waals surface area contributed by atoms with Gasteiger partial charge in [-0.15, -0.1) is 6.10 Å². The van der Waals surface area contributed by atoms with Crippen molar-refractivity contribution in [3.05, 3.63) is 6.10 Å². The molecular weight excluding hydrogens is 76.1 g/mol. The van der Waals surface area contributed by atoms with Crippen LogP contribution in [0.2, 0.25) is 0 Å². The molecule has 0 heterocycles. The van der Waals surface area contributed by atoms with Crippen LogP contribution in [0.25, 0.3) is 0 Å². The van der Waals surface area contributed by atoms with Crippen LogP contribution in [0, 0.1) is 12.0 Å². The smallest absolute Gasteiger partial charge is 0.0510 e. The van der Waals surface area contributed by atoms with Crippen LogP contribution in [-0.2, 0) is 0 Å². The fourth-order valence-corrected chi connectivity index (χ4v) is 0.490. The van der Waals surface area contributed by atoms with Gasteiger partial charge in [0.2, 0.25) is 0 Å². The third-order valence-corrected chi connectivity index (χ3v) is 1.15. The molecule has 1 nitrogen and oxygen atoms in total. The van der Waals surface area contributed by atoms with Crippen LogP contribution in [0.5, 0.6) is 0 Å². The summed E-state index contributed by atoms with van der Waals surface area (Å²) in [6.07, 6.45) is 2.67. The second-order valence-corrected chi connectivity index (χ2v) is 1.88. The Balaban J connectivity index is 2.13. The summed E-state index contributed by atoms with van der Waals surface area (Å²) in [5.74, 6) is 0.463. The Morgan fingerprint density at radius 2 is 2.17 bits per heavy atom. The zero-order valence-corrected chi connectivity index (χ0v) is 3.90. The van der Waals surface area contributed by atoms with Crippen molar-refractivity contribution in [1.29, 1.82) is 0 Å². The molecule has 1 fully saturated rings. The Morgan fingerprint density at radius 3 is 2.17 bits per heavy atom. The predicted molar refractivity (Wildman–Crippen MR) is 21.6 cm³/mol. The van der Waals surface area contributed by atoms with Crippen LogP contribution in [-0.4, -0.2) is 0 Å². The van der Waals surface area contributed by atoms with Crippen molar-refractivity contribution in [2.24, 2.45) is 5.92 Å². The zero-order chi connectivity index (χ0) is 4.57. The Labute approximate surface area is 38.0 Å². The largest absolute Gasteiger partial charge is 0.850 e. The first kappa shape index (κ1) is 4.13. The van der Waals surface area contributed by atoms with E-state index in [1.165, 1.54) is 0 Å². The molecule has 6 heavy (non-hydrogen) atoms. The van der Waals surface area contributed by atoms with Gasteiger partial charge in [0.1, 0.15) is 0 Å². The average Bonchev–Trinajstić information content (AvgIpc) is 2.06. The fourth-order valence-electron chi connectivity index (χ4n) is 0.490. The van der Waals surface area contributed by atoms with E-state index in [2.05, 4.69) is 0 Å². The zero-order valence-electron chi connectivity index (χ0n) is 3.90. The van der Waals surface area contributed by atoms with Gasteiger partial charge < -0.3 is 5.11 Å². The first-order valence-electron chi connectivity index (χ1n) is 2.31. The van der Waals surface area contributed by atoms with E-state index < -0.39 is 0 Å². The molecule has 0 aliphatic heterocycles. The Hall–Kier alpha value is -0.0400. The van der Waals surface area contributed by atoms with Crippen molar-refractivity contribution in [1.82, 2.24) is 0 Å². The van der Waals surface area contributed by atoms with E-state index in [1.54, 1.807) is 6.92 Å². The van der Waals surface area contributed by atoms with Crippen molar-refractivity contribution in [2.45, 2.75) is 19.8 Å². The second-order valence-electron chi connectivity index (χ2n) is 1.88. The third kappa shape index (κ3) is 0.716. The highest BCUT2D eigenvalue weighted by atomic mass is 16.3. The molecule has 35 valence electrons. The van der Waals surface area contributed by atoms with E-state index in [-0.39, 0.29) is 0 Å². The summed E-state index contributed by atoms with van der Waals surface area (Å²) < 4.78 is 0. The Bertz CT molecular complexity index is 45.9. The van der Waals surface area contributed by atoms with Crippen LogP contribution in [0.3, 0.4) is 0 Å². The van der Waals surface area contributed by atoms with E-state index in [0.29, 0.717) is 12.0 Å². The SMILES string of the molecule is C[C]([O-])C1CC1. The molecule has 0 amide bonds. The molecule has 0 bridgehead atoms. The lowest BCUT2D eigenvalue weighted by atomic mass is 10.3. The van der Waals surface area contributed by atoms with E-state index in [0.717, 1.165) is 12.8 Å².